The number of benzene rings is 2. The lowest BCUT2D eigenvalue weighted by molar-refractivity contribution is -0.645. The van der Waals surface area contributed by atoms with Crippen LogP contribution in [0.3, 0.4) is 0 Å². The minimum atomic E-state index is -0.483. The summed E-state index contributed by atoms with van der Waals surface area (Å²) in [6.45, 7) is 0.150. The van der Waals surface area contributed by atoms with Crippen molar-refractivity contribution in [3.05, 3.63) is 60.4 Å². The standard InChI is InChI=1S/C18H17N3O3/c1-20-12-21(16-10-6-5-9-15(16)20)11-17(22)19-14-8-4-3-7-13(14)18(23)24-2/h3-10,12H,11H2,1-2H3/p+1. The van der Waals surface area contributed by atoms with Crippen molar-refractivity contribution in [2.24, 2.45) is 7.05 Å². The molecular formula is C18H18N3O3+. The van der Waals surface area contributed by atoms with E-state index in [2.05, 4.69) is 5.32 Å². The van der Waals surface area contributed by atoms with E-state index >= 15 is 0 Å². The fourth-order valence-electron chi connectivity index (χ4n) is 2.69. The number of rotatable bonds is 4. The minimum absolute atomic E-state index is 0.150. The summed E-state index contributed by atoms with van der Waals surface area (Å²) in [5, 5.41) is 2.78. The largest absolute Gasteiger partial charge is 0.465 e. The highest BCUT2D eigenvalue weighted by Gasteiger charge is 2.18. The molecule has 0 spiro atoms. The average Bonchev–Trinajstić information content (AvgIpc) is 2.91. The molecule has 0 saturated heterocycles. The molecule has 1 amide bonds. The predicted octanol–water partition coefficient (Wildman–Crippen LogP) is 1.89. The summed E-state index contributed by atoms with van der Waals surface area (Å²) in [7, 11) is 3.25. The Hall–Kier alpha value is -3.15. The van der Waals surface area contributed by atoms with E-state index < -0.39 is 5.97 Å². The van der Waals surface area contributed by atoms with E-state index in [0.717, 1.165) is 11.0 Å². The number of hydrogen-bond acceptors (Lipinski definition) is 3. The van der Waals surface area contributed by atoms with Gasteiger partial charge in [0, 0.05) is 0 Å². The molecule has 6 nitrogen and oxygen atoms in total. The van der Waals surface area contributed by atoms with Gasteiger partial charge in [0.15, 0.2) is 17.6 Å². The van der Waals surface area contributed by atoms with Crippen LogP contribution >= 0.6 is 0 Å². The maximum absolute atomic E-state index is 12.4. The molecule has 1 aromatic heterocycles. The van der Waals surface area contributed by atoms with E-state index in [1.165, 1.54) is 7.11 Å². The molecule has 3 aromatic rings. The molecule has 0 radical (unpaired) electrons. The first-order chi connectivity index (χ1) is 11.6. The first-order valence-electron chi connectivity index (χ1n) is 7.51. The van der Waals surface area contributed by atoms with Gasteiger partial charge in [0.2, 0.25) is 6.33 Å². The molecule has 1 heterocycles. The molecule has 24 heavy (non-hydrogen) atoms. The summed E-state index contributed by atoms with van der Waals surface area (Å²) in [5.41, 5.74) is 2.78. The SMILES string of the molecule is COC(=O)c1ccccc1NC(=O)Cn1c[n+](C)c2ccccc21. The van der Waals surface area contributed by atoms with Gasteiger partial charge >= 0.3 is 5.97 Å². The molecule has 0 saturated carbocycles. The number of nitrogens with one attached hydrogen (secondary N) is 1. The molecule has 0 fully saturated rings. The van der Waals surface area contributed by atoms with Crippen molar-refractivity contribution in [3.63, 3.8) is 0 Å². The van der Waals surface area contributed by atoms with Gasteiger partial charge in [-0.3, -0.25) is 4.79 Å². The van der Waals surface area contributed by atoms with Crippen LogP contribution in [0.4, 0.5) is 5.69 Å². The Morgan fingerprint density at radius 1 is 1.12 bits per heavy atom. The summed E-state index contributed by atoms with van der Waals surface area (Å²) >= 11 is 0. The van der Waals surface area contributed by atoms with Crippen LogP contribution in [0.5, 0.6) is 0 Å². The number of amides is 1. The van der Waals surface area contributed by atoms with Gasteiger partial charge in [-0.25, -0.2) is 13.9 Å². The lowest BCUT2D eigenvalue weighted by atomic mass is 10.2. The Balaban J connectivity index is 1.83. The number of carbonyl (C=O) groups excluding carboxylic acids is 2. The fourth-order valence-corrected chi connectivity index (χ4v) is 2.69. The second-order valence-corrected chi connectivity index (χ2v) is 5.43. The topological polar surface area (TPSA) is 64.2 Å². The average molecular weight is 324 g/mol. The molecule has 2 aromatic carbocycles. The summed E-state index contributed by atoms with van der Waals surface area (Å²) in [6, 6.07) is 14.6. The van der Waals surface area contributed by atoms with Crippen molar-refractivity contribution in [1.29, 1.82) is 0 Å². The van der Waals surface area contributed by atoms with E-state index in [1.807, 2.05) is 46.8 Å². The van der Waals surface area contributed by atoms with Crippen LogP contribution in [0.1, 0.15) is 10.4 Å². The zero-order valence-electron chi connectivity index (χ0n) is 13.5. The zero-order valence-corrected chi connectivity index (χ0v) is 13.5. The maximum Gasteiger partial charge on any atom is 0.339 e. The molecule has 122 valence electrons. The van der Waals surface area contributed by atoms with Crippen LogP contribution in [0.25, 0.3) is 11.0 Å². The van der Waals surface area contributed by atoms with Crippen LogP contribution in [0.2, 0.25) is 0 Å². The number of imidazole rings is 1. The van der Waals surface area contributed by atoms with Gasteiger partial charge in [-0.2, -0.15) is 0 Å². The molecule has 6 heteroatoms. The van der Waals surface area contributed by atoms with Crippen molar-refractivity contribution in [2.45, 2.75) is 6.54 Å². The highest BCUT2D eigenvalue weighted by molar-refractivity contribution is 6.01. The van der Waals surface area contributed by atoms with Crippen LogP contribution < -0.4 is 9.88 Å². The quantitative estimate of drug-likeness (QED) is 0.589. The minimum Gasteiger partial charge on any atom is -0.465 e. The van der Waals surface area contributed by atoms with E-state index in [1.54, 1.807) is 24.3 Å². The summed E-state index contributed by atoms with van der Waals surface area (Å²) in [4.78, 5) is 24.2. The number of ether oxygens (including phenoxy) is 1. The van der Waals surface area contributed by atoms with Crippen molar-refractivity contribution in [1.82, 2.24) is 4.57 Å². The van der Waals surface area contributed by atoms with Crippen molar-refractivity contribution in [3.8, 4) is 0 Å². The number of hydrogen-bond donors (Lipinski definition) is 1. The zero-order chi connectivity index (χ0) is 17.1. The second-order valence-electron chi connectivity index (χ2n) is 5.43. The van der Waals surface area contributed by atoms with Crippen LogP contribution in [0.15, 0.2) is 54.9 Å². The van der Waals surface area contributed by atoms with Crippen LogP contribution in [-0.4, -0.2) is 23.6 Å². The molecule has 0 aliphatic heterocycles. The number of fused-ring (bicyclic) bond motifs is 1. The lowest BCUT2D eigenvalue weighted by Crippen LogP contribution is -2.26. The van der Waals surface area contributed by atoms with Crippen molar-refractivity contribution >= 4 is 28.6 Å². The van der Waals surface area contributed by atoms with Gasteiger partial charge in [-0.1, -0.05) is 24.3 Å². The molecule has 1 N–H and O–H groups in total. The Kier molecular flexibility index (Phi) is 4.29. The van der Waals surface area contributed by atoms with Crippen LogP contribution in [-0.2, 0) is 23.1 Å². The summed E-state index contributed by atoms with van der Waals surface area (Å²) in [5.74, 6) is -0.698. The van der Waals surface area contributed by atoms with Gasteiger partial charge in [0.05, 0.1) is 25.4 Å². The number of esters is 1. The Morgan fingerprint density at radius 3 is 2.62 bits per heavy atom. The number of nitrogens with zero attached hydrogens (tertiary/aromatic N) is 2. The fraction of sp³-hybridized carbons (Fsp3) is 0.167. The van der Waals surface area contributed by atoms with Gasteiger partial charge in [0.25, 0.3) is 5.91 Å². The number of aromatic nitrogens is 2. The van der Waals surface area contributed by atoms with Crippen LogP contribution in [0, 0.1) is 0 Å². The number of carbonyl (C=O) groups is 2. The first-order valence-corrected chi connectivity index (χ1v) is 7.51. The summed E-state index contributed by atoms with van der Waals surface area (Å²) < 4.78 is 8.57. The highest BCUT2D eigenvalue weighted by atomic mass is 16.5. The van der Waals surface area contributed by atoms with Gasteiger partial charge in [0.1, 0.15) is 0 Å². The van der Waals surface area contributed by atoms with E-state index in [9.17, 15) is 9.59 Å². The number of aryl methyl sites for hydroxylation is 1. The molecular weight excluding hydrogens is 306 g/mol. The maximum atomic E-state index is 12.4. The third-order valence-corrected chi connectivity index (χ3v) is 3.80. The monoisotopic (exact) mass is 324 g/mol. The molecule has 0 aliphatic rings. The molecule has 0 aliphatic carbocycles. The first kappa shape index (κ1) is 15.7. The van der Waals surface area contributed by atoms with Crippen molar-refractivity contribution < 1.29 is 18.9 Å². The van der Waals surface area contributed by atoms with Gasteiger partial charge in [-0.05, 0) is 24.3 Å². The molecule has 0 bridgehead atoms. The third kappa shape index (κ3) is 2.99. The number of methoxy groups -OCH3 is 1. The predicted molar refractivity (Wildman–Crippen MR) is 89.5 cm³/mol. The highest BCUT2D eigenvalue weighted by Crippen LogP contribution is 2.16. The van der Waals surface area contributed by atoms with Gasteiger partial charge in [-0.15, -0.1) is 0 Å². The Labute approximate surface area is 139 Å². The number of anilines is 1. The van der Waals surface area contributed by atoms with E-state index in [0.29, 0.717) is 11.3 Å². The smallest absolute Gasteiger partial charge is 0.339 e. The third-order valence-electron chi connectivity index (χ3n) is 3.80. The molecule has 0 atom stereocenters. The molecule has 3 rings (SSSR count). The Morgan fingerprint density at radius 2 is 1.83 bits per heavy atom. The number of para-hydroxylation sites is 3. The van der Waals surface area contributed by atoms with E-state index in [-0.39, 0.29) is 12.5 Å². The van der Waals surface area contributed by atoms with Gasteiger partial charge < -0.3 is 10.1 Å². The van der Waals surface area contributed by atoms with Crippen molar-refractivity contribution in [2.75, 3.05) is 12.4 Å². The van der Waals surface area contributed by atoms with E-state index in [4.69, 9.17) is 4.74 Å². The molecule has 0 unspecified atom stereocenters. The summed E-state index contributed by atoms with van der Waals surface area (Å²) in [6.07, 6.45) is 1.87. The normalized spacial score (nSPS) is 10.6. The lowest BCUT2D eigenvalue weighted by Gasteiger charge is -2.08. The second kappa shape index (κ2) is 6.54. The Bertz CT molecular complexity index is 915.